The molecule has 1 aromatic heterocycles. The molecule has 0 aliphatic carbocycles. The number of aromatic nitrogens is 1. The molecule has 0 aliphatic rings. The van der Waals surface area contributed by atoms with Crippen LogP contribution in [0.3, 0.4) is 0 Å². The summed E-state index contributed by atoms with van der Waals surface area (Å²) in [6.45, 7) is 0. The molecule has 1 heteroatoms. The number of pyridine rings is 1. The molecule has 8 rings (SSSR count). The zero-order valence-electron chi connectivity index (χ0n) is 18.6. The third kappa shape index (κ3) is 2.91. The zero-order valence-corrected chi connectivity index (χ0v) is 18.6. The molecule has 0 unspecified atom stereocenters. The third-order valence-electron chi connectivity index (χ3n) is 6.82. The highest BCUT2D eigenvalue weighted by molar-refractivity contribution is 6.32. The number of rotatable bonds is 0. The maximum Gasteiger partial charge on any atom is 0.0709 e. The van der Waals surface area contributed by atoms with Crippen molar-refractivity contribution in [2.24, 2.45) is 0 Å². The highest BCUT2D eigenvalue weighted by Gasteiger charge is 2.11. The lowest BCUT2D eigenvalue weighted by atomic mass is 9.90. The molecule has 0 amide bonds. The molecular formula is C33H21N. The molecule has 8 aromatic rings. The predicted octanol–water partition coefficient (Wildman–Crippen LogP) is 9.13. The van der Waals surface area contributed by atoms with Crippen molar-refractivity contribution >= 4 is 64.9 Å². The molecule has 0 fully saturated rings. The Kier molecular flexibility index (Phi) is 4.22. The second kappa shape index (κ2) is 7.54. The smallest absolute Gasteiger partial charge is 0.0709 e. The SMILES string of the molecule is c1cc2cccc3c4cccc5cccc(c(c1)c23)c54.c1ccc2nc3ccccc3cc2c1. The largest absolute Gasteiger partial charge is 0.248 e. The van der Waals surface area contributed by atoms with Crippen molar-refractivity contribution in [3.8, 4) is 0 Å². The fourth-order valence-corrected chi connectivity index (χ4v) is 5.30. The molecule has 7 aromatic carbocycles. The first-order valence-corrected chi connectivity index (χ1v) is 11.7. The Morgan fingerprint density at radius 3 is 1.09 bits per heavy atom. The summed E-state index contributed by atoms with van der Waals surface area (Å²) in [5, 5.41) is 13.3. The minimum Gasteiger partial charge on any atom is -0.248 e. The minimum absolute atomic E-state index is 1.06. The summed E-state index contributed by atoms with van der Waals surface area (Å²) in [6, 6.07) is 45.0. The predicted molar refractivity (Wildman–Crippen MR) is 147 cm³/mol. The maximum absolute atomic E-state index is 4.58. The summed E-state index contributed by atoms with van der Waals surface area (Å²) in [5.41, 5.74) is 2.12. The first kappa shape index (κ1) is 19.0. The number of hydrogen-bond donors (Lipinski definition) is 0. The molecule has 34 heavy (non-hydrogen) atoms. The molecule has 0 spiro atoms. The van der Waals surface area contributed by atoms with Crippen molar-refractivity contribution < 1.29 is 0 Å². The standard InChI is InChI=1S/C20H12.C13H9N/c1-5-13-6-2-11-17-18-12-4-8-14-7-3-10-16(20(14)18)15(9-1)19(13)17;1-3-7-12-10(5-1)9-11-6-2-4-8-13(11)14-12/h1-12H;1-9H. The Labute approximate surface area is 197 Å². The molecule has 0 aliphatic heterocycles. The van der Waals surface area contributed by atoms with Gasteiger partial charge in [0.2, 0.25) is 0 Å². The average Bonchev–Trinajstić information content (AvgIpc) is 2.90. The Hall–Kier alpha value is -4.49. The molecule has 0 bridgehead atoms. The van der Waals surface area contributed by atoms with Gasteiger partial charge in [0.05, 0.1) is 11.0 Å². The third-order valence-corrected chi connectivity index (χ3v) is 6.82. The lowest BCUT2D eigenvalue weighted by Gasteiger charge is -2.13. The number of benzene rings is 7. The van der Waals surface area contributed by atoms with Crippen LogP contribution >= 0.6 is 0 Å². The summed E-state index contributed by atoms with van der Waals surface area (Å²) in [7, 11) is 0. The lowest BCUT2D eigenvalue weighted by molar-refractivity contribution is 1.50. The van der Waals surface area contributed by atoms with E-state index < -0.39 is 0 Å². The zero-order chi connectivity index (χ0) is 22.5. The van der Waals surface area contributed by atoms with Crippen molar-refractivity contribution in [1.29, 1.82) is 0 Å². The molecular weight excluding hydrogens is 410 g/mol. The highest BCUT2D eigenvalue weighted by atomic mass is 14.7. The molecule has 1 heterocycles. The van der Waals surface area contributed by atoms with Crippen LogP contribution in [0.4, 0.5) is 0 Å². The minimum atomic E-state index is 1.06. The van der Waals surface area contributed by atoms with E-state index in [-0.39, 0.29) is 0 Å². The molecule has 0 radical (unpaired) electrons. The van der Waals surface area contributed by atoms with Crippen LogP contribution in [0.2, 0.25) is 0 Å². The first-order valence-electron chi connectivity index (χ1n) is 11.7. The van der Waals surface area contributed by atoms with Crippen LogP contribution < -0.4 is 0 Å². The van der Waals surface area contributed by atoms with Crippen molar-refractivity contribution in [2.75, 3.05) is 0 Å². The van der Waals surface area contributed by atoms with Gasteiger partial charge in [0.1, 0.15) is 0 Å². The highest BCUT2D eigenvalue weighted by Crippen LogP contribution is 2.39. The lowest BCUT2D eigenvalue weighted by Crippen LogP contribution is -1.85. The second-order valence-corrected chi connectivity index (χ2v) is 8.79. The molecule has 0 saturated heterocycles. The van der Waals surface area contributed by atoms with Crippen LogP contribution in [0.5, 0.6) is 0 Å². The Morgan fingerprint density at radius 2 is 0.676 bits per heavy atom. The normalized spacial score (nSPS) is 11.5. The van der Waals surface area contributed by atoms with Crippen molar-refractivity contribution in [2.45, 2.75) is 0 Å². The van der Waals surface area contributed by atoms with E-state index in [1.165, 1.54) is 53.9 Å². The molecule has 0 N–H and O–H groups in total. The van der Waals surface area contributed by atoms with Gasteiger partial charge in [-0.2, -0.15) is 0 Å². The number of fused-ring (bicyclic) bond motifs is 4. The van der Waals surface area contributed by atoms with Crippen molar-refractivity contribution in [3.63, 3.8) is 0 Å². The van der Waals surface area contributed by atoms with Crippen LogP contribution in [-0.4, -0.2) is 4.98 Å². The van der Waals surface area contributed by atoms with Gasteiger partial charge < -0.3 is 0 Å². The van der Waals surface area contributed by atoms with E-state index in [9.17, 15) is 0 Å². The van der Waals surface area contributed by atoms with Gasteiger partial charge in [0.25, 0.3) is 0 Å². The van der Waals surface area contributed by atoms with Gasteiger partial charge in [0, 0.05) is 10.8 Å². The van der Waals surface area contributed by atoms with E-state index in [1.54, 1.807) is 0 Å². The number of hydrogen-bond acceptors (Lipinski definition) is 1. The number of para-hydroxylation sites is 2. The first-order chi connectivity index (χ1) is 16.9. The Morgan fingerprint density at radius 1 is 0.324 bits per heavy atom. The summed E-state index contributed by atoms with van der Waals surface area (Å²) in [5.74, 6) is 0. The Bertz CT molecular complexity index is 1690. The Balaban J connectivity index is 0.000000126. The van der Waals surface area contributed by atoms with Gasteiger partial charge in [-0.3, -0.25) is 0 Å². The van der Waals surface area contributed by atoms with Crippen LogP contribution in [0, 0.1) is 0 Å². The monoisotopic (exact) mass is 431 g/mol. The van der Waals surface area contributed by atoms with Gasteiger partial charge in [-0.25, -0.2) is 4.98 Å². The van der Waals surface area contributed by atoms with E-state index in [1.807, 2.05) is 36.4 Å². The maximum atomic E-state index is 4.58. The van der Waals surface area contributed by atoms with Crippen LogP contribution in [0.15, 0.2) is 127 Å². The topological polar surface area (TPSA) is 12.9 Å². The molecule has 0 saturated carbocycles. The molecule has 0 atom stereocenters. The van der Waals surface area contributed by atoms with Crippen LogP contribution in [0.25, 0.3) is 64.9 Å². The van der Waals surface area contributed by atoms with Gasteiger partial charge in [-0.05, 0) is 61.3 Å². The van der Waals surface area contributed by atoms with Crippen molar-refractivity contribution in [1.82, 2.24) is 4.98 Å². The molecule has 158 valence electrons. The number of nitrogens with zero attached hydrogens (tertiary/aromatic N) is 1. The summed E-state index contributed by atoms with van der Waals surface area (Å²) in [6.07, 6.45) is 0. The van der Waals surface area contributed by atoms with E-state index in [0.29, 0.717) is 0 Å². The average molecular weight is 432 g/mol. The fraction of sp³-hybridized carbons (Fsp3) is 0. The quantitative estimate of drug-likeness (QED) is 0.172. The van der Waals surface area contributed by atoms with Gasteiger partial charge in [0.15, 0.2) is 0 Å². The van der Waals surface area contributed by atoms with E-state index in [2.05, 4.69) is 96.0 Å². The van der Waals surface area contributed by atoms with Gasteiger partial charge >= 0.3 is 0 Å². The van der Waals surface area contributed by atoms with E-state index in [0.717, 1.165) is 11.0 Å². The summed E-state index contributed by atoms with van der Waals surface area (Å²) in [4.78, 5) is 4.58. The summed E-state index contributed by atoms with van der Waals surface area (Å²) >= 11 is 0. The van der Waals surface area contributed by atoms with Crippen LogP contribution in [-0.2, 0) is 0 Å². The van der Waals surface area contributed by atoms with Gasteiger partial charge in [-0.15, -0.1) is 0 Å². The van der Waals surface area contributed by atoms with Gasteiger partial charge in [-0.1, -0.05) is 109 Å². The van der Waals surface area contributed by atoms with Crippen LogP contribution in [0.1, 0.15) is 0 Å². The van der Waals surface area contributed by atoms with E-state index >= 15 is 0 Å². The second-order valence-electron chi connectivity index (χ2n) is 8.79. The van der Waals surface area contributed by atoms with Crippen molar-refractivity contribution in [3.05, 3.63) is 127 Å². The van der Waals surface area contributed by atoms with E-state index in [4.69, 9.17) is 0 Å². The fourth-order valence-electron chi connectivity index (χ4n) is 5.30. The summed E-state index contributed by atoms with van der Waals surface area (Å²) < 4.78 is 0. The molecule has 1 nitrogen and oxygen atoms in total.